The summed E-state index contributed by atoms with van der Waals surface area (Å²) in [4.78, 5) is 25.2. The van der Waals surface area contributed by atoms with Crippen LogP contribution in [0.15, 0.2) is 12.4 Å². The highest BCUT2D eigenvalue weighted by Crippen LogP contribution is 2.12. The molecule has 0 aliphatic heterocycles. The topological polar surface area (TPSA) is 87.3 Å². The van der Waals surface area contributed by atoms with E-state index in [2.05, 4.69) is 4.98 Å². The van der Waals surface area contributed by atoms with Crippen LogP contribution in [0, 0.1) is 10.1 Å². The summed E-state index contributed by atoms with van der Waals surface area (Å²) in [5.74, 6) is -0.412. The third-order valence-corrected chi connectivity index (χ3v) is 2.31. The molecule has 19 heavy (non-hydrogen) atoms. The average Bonchev–Trinajstić information content (AvgIpc) is 2.70. The maximum atomic E-state index is 11.4. The predicted molar refractivity (Wildman–Crippen MR) is 68.6 cm³/mol. The molecule has 0 fully saturated rings. The van der Waals surface area contributed by atoms with Crippen LogP contribution in [0.1, 0.15) is 40.0 Å². The third kappa shape index (κ3) is 5.50. The number of hydrogen-bond acceptors (Lipinski definition) is 5. The number of aryl methyl sites for hydroxylation is 1. The molecule has 0 unspecified atom stereocenters. The van der Waals surface area contributed by atoms with E-state index < -0.39 is 10.5 Å². The molecule has 0 aliphatic carbocycles. The zero-order valence-corrected chi connectivity index (χ0v) is 11.5. The number of rotatable bonds is 6. The summed E-state index contributed by atoms with van der Waals surface area (Å²) in [5.41, 5.74) is -0.472. The number of nitro groups is 1. The van der Waals surface area contributed by atoms with Crippen LogP contribution < -0.4 is 0 Å². The normalized spacial score (nSPS) is 11.3. The van der Waals surface area contributed by atoms with Crippen molar-refractivity contribution in [3.63, 3.8) is 0 Å². The number of nitrogens with zero attached hydrogens (tertiary/aromatic N) is 3. The smallest absolute Gasteiger partial charge is 0.434 e. The molecule has 0 bridgehead atoms. The number of hydrogen-bond donors (Lipinski definition) is 0. The average molecular weight is 269 g/mol. The summed E-state index contributed by atoms with van der Waals surface area (Å²) >= 11 is 0. The zero-order chi connectivity index (χ0) is 14.5. The summed E-state index contributed by atoms with van der Waals surface area (Å²) in [5, 5.41) is 10.6. The second-order valence-electron chi connectivity index (χ2n) is 5.22. The molecule has 7 nitrogen and oxygen atoms in total. The van der Waals surface area contributed by atoms with Crippen molar-refractivity contribution in [2.75, 3.05) is 0 Å². The van der Waals surface area contributed by atoms with E-state index in [-0.39, 0.29) is 11.9 Å². The molecule has 0 saturated heterocycles. The van der Waals surface area contributed by atoms with Crippen LogP contribution in [-0.2, 0) is 16.1 Å². The van der Waals surface area contributed by atoms with Crippen molar-refractivity contribution in [3.05, 3.63) is 22.5 Å². The number of carbonyl (C=O) groups is 1. The van der Waals surface area contributed by atoms with Crippen LogP contribution in [-0.4, -0.2) is 26.0 Å². The first kappa shape index (κ1) is 15.1. The fourth-order valence-electron chi connectivity index (χ4n) is 1.59. The lowest BCUT2D eigenvalue weighted by Crippen LogP contribution is -2.23. The van der Waals surface area contributed by atoms with Crippen molar-refractivity contribution < 1.29 is 14.5 Å². The van der Waals surface area contributed by atoms with E-state index in [1.807, 2.05) is 20.8 Å². The van der Waals surface area contributed by atoms with E-state index in [1.165, 1.54) is 10.8 Å². The minimum Gasteiger partial charge on any atom is -0.460 e. The van der Waals surface area contributed by atoms with Crippen molar-refractivity contribution in [1.82, 2.24) is 9.55 Å². The molecule has 1 aromatic rings. The van der Waals surface area contributed by atoms with Crippen LogP contribution in [0.3, 0.4) is 0 Å². The maximum Gasteiger partial charge on any atom is 0.434 e. The minimum absolute atomic E-state index is 0.169. The van der Waals surface area contributed by atoms with Gasteiger partial charge in [0.25, 0.3) is 0 Å². The van der Waals surface area contributed by atoms with Gasteiger partial charge in [0.2, 0.25) is 0 Å². The highest BCUT2D eigenvalue weighted by Gasteiger charge is 2.16. The quantitative estimate of drug-likeness (QED) is 0.342. The van der Waals surface area contributed by atoms with E-state index in [1.54, 1.807) is 6.20 Å². The van der Waals surface area contributed by atoms with Crippen LogP contribution >= 0.6 is 0 Å². The lowest BCUT2D eigenvalue weighted by Gasteiger charge is -2.19. The standard InChI is InChI=1S/C12H19N3O4/c1-12(2,3)19-10(16)6-4-5-8-14-9-7-13-11(14)15(17)18/h7,9H,4-6,8H2,1-3H3. The number of unbranched alkanes of at least 4 members (excludes halogenated alkanes) is 1. The summed E-state index contributed by atoms with van der Waals surface area (Å²) in [6.07, 6.45) is 4.57. The van der Waals surface area contributed by atoms with Crippen molar-refractivity contribution in [3.8, 4) is 0 Å². The van der Waals surface area contributed by atoms with Gasteiger partial charge in [0.05, 0.1) is 6.54 Å². The second kappa shape index (κ2) is 6.31. The van der Waals surface area contributed by atoms with Gasteiger partial charge >= 0.3 is 11.9 Å². The Hall–Kier alpha value is -1.92. The maximum absolute atomic E-state index is 11.4. The van der Waals surface area contributed by atoms with Gasteiger partial charge < -0.3 is 14.9 Å². The Kier molecular flexibility index (Phi) is 5.02. The second-order valence-corrected chi connectivity index (χ2v) is 5.22. The van der Waals surface area contributed by atoms with Gasteiger partial charge in [-0.1, -0.05) is 4.98 Å². The number of carbonyl (C=O) groups excluding carboxylic acids is 1. The molecule has 0 spiro atoms. The molecule has 0 N–H and O–H groups in total. The Morgan fingerprint density at radius 1 is 1.47 bits per heavy atom. The van der Waals surface area contributed by atoms with Crippen LogP contribution in [0.25, 0.3) is 0 Å². The Morgan fingerprint density at radius 2 is 2.16 bits per heavy atom. The highest BCUT2D eigenvalue weighted by atomic mass is 16.6. The molecule has 0 aromatic carbocycles. The molecule has 0 aliphatic rings. The SMILES string of the molecule is CC(C)(C)OC(=O)CCCCn1ccnc1[N+](=O)[O-]. The summed E-state index contributed by atoms with van der Waals surface area (Å²) in [6, 6.07) is 0. The fraction of sp³-hybridized carbons (Fsp3) is 0.667. The zero-order valence-electron chi connectivity index (χ0n) is 11.5. The summed E-state index contributed by atoms with van der Waals surface area (Å²) in [6.45, 7) is 5.93. The third-order valence-electron chi connectivity index (χ3n) is 2.31. The van der Waals surface area contributed by atoms with E-state index in [0.717, 1.165) is 0 Å². The molecule has 106 valence electrons. The number of aromatic nitrogens is 2. The lowest BCUT2D eigenvalue weighted by molar-refractivity contribution is -0.396. The Labute approximate surface area is 111 Å². The molecule has 0 atom stereocenters. The molecule has 1 aromatic heterocycles. The fourth-order valence-corrected chi connectivity index (χ4v) is 1.59. The van der Waals surface area contributed by atoms with E-state index >= 15 is 0 Å². The predicted octanol–water partition coefficient (Wildman–Crippen LogP) is 2.30. The molecule has 0 radical (unpaired) electrons. The van der Waals surface area contributed by atoms with E-state index in [9.17, 15) is 14.9 Å². The number of ether oxygens (including phenoxy) is 1. The Balaban J connectivity index is 2.30. The van der Waals surface area contributed by atoms with Gasteiger partial charge in [0, 0.05) is 6.42 Å². The van der Waals surface area contributed by atoms with Gasteiger partial charge in [-0.05, 0) is 38.5 Å². The molecular weight excluding hydrogens is 250 g/mol. The minimum atomic E-state index is -0.520. The van der Waals surface area contributed by atoms with Crippen LogP contribution in [0.4, 0.5) is 5.95 Å². The van der Waals surface area contributed by atoms with E-state index in [0.29, 0.717) is 25.8 Å². The first-order valence-electron chi connectivity index (χ1n) is 6.17. The first-order chi connectivity index (χ1) is 8.79. The van der Waals surface area contributed by atoms with Crippen molar-refractivity contribution in [2.45, 2.75) is 52.2 Å². The van der Waals surface area contributed by atoms with E-state index in [4.69, 9.17) is 4.74 Å². The molecule has 1 heterocycles. The summed E-state index contributed by atoms with van der Waals surface area (Å²) < 4.78 is 6.64. The number of imidazole rings is 1. The number of esters is 1. The van der Waals surface area contributed by atoms with Crippen molar-refractivity contribution in [2.24, 2.45) is 0 Å². The first-order valence-corrected chi connectivity index (χ1v) is 6.17. The monoisotopic (exact) mass is 269 g/mol. The van der Waals surface area contributed by atoms with Crippen molar-refractivity contribution in [1.29, 1.82) is 0 Å². The largest absolute Gasteiger partial charge is 0.460 e. The van der Waals surface area contributed by atoms with Gasteiger partial charge in [-0.3, -0.25) is 4.79 Å². The summed E-state index contributed by atoms with van der Waals surface area (Å²) in [7, 11) is 0. The molecular formula is C12H19N3O4. The highest BCUT2D eigenvalue weighted by molar-refractivity contribution is 5.69. The van der Waals surface area contributed by atoms with Gasteiger partial charge in [-0.15, -0.1) is 0 Å². The molecule has 1 rings (SSSR count). The van der Waals surface area contributed by atoms with Gasteiger partial charge in [-0.25, -0.2) is 4.57 Å². The van der Waals surface area contributed by atoms with Gasteiger partial charge in [0.15, 0.2) is 0 Å². The lowest BCUT2D eigenvalue weighted by atomic mass is 10.2. The molecule has 0 amide bonds. The van der Waals surface area contributed by atoms with Crippen molar-refractivity contribution >= 4 is 11.9 Å². The molecule has 7 heteroatoms. The molecule has 0 saturated carbocycles. The van der Waals surface area contributed by atoms with Crippen LogP contribution in [0.5, 0.6) is 0 Å². The van der Waals surface area contributed by atoms with Gasteiger partial charge in [-0.2, -0.15) is 0 Å². The van der Waals surface area contributed by atoms with Gasteiger partial charge in [0.1, 0.15) is 18.0 Å². The Bertz CT molecular complexity index is 448. The Morgan fingerprint density at radius 3 is 2.74 bits per heavy atom. The van der Waals surface area contributed by atoms with Crippen LogP contribution in [0.2, 0.25) is 0 Å².